The molecule has 3 nitrogen and oxygen atoms in total. The van der Waals surface area contributed by atoms with Crippen molar-refractivity contribution in [3.8, 4) is 0 Å². The summed E-state index contributed by atoms with van der Waals surface area (Å²) in [5, 5.41) is 6.31. The van der Waals surface area contributed by atoms with Gasteiger partial charge in [0.1, 0.15) is 0 Å². The summed E-state index contributed by atoms with van der Waals surface area (Å²) < 4.78 is 0.273. The molecule has 0 fully saturated rings. The second-order valence-corrected chi connectivity index (χ2v) is 6.23. The predicted molar refractivity (Wildman–Crippen MR) is 82.2 cm³/mol. The summed E-state index contributed by atoms with van der Waals surface area (Å²) >= 11 is 1.90. The Bertz CT molecular complexity index is 222. The maximum Gasteiger partial charge on any atom is 0.234 e. The van der Waals surface area contributed by atoms with E-state index in [1.165, 1.54) is 0 Å². The van der Waals surface area contributed by atoms with Crippen LogP contribution in [0.15, 0.2) is 0 Å². The first-order chi connectivity index (χ1) is 8.53. The molecule has 0 aromatic rings. The van der Waals surface area contributed by atoms with Crippen LogP contribution in [0.1, 0.15) is 53.4 Å². The van der Waals surface area contributed by atoms with Crippen LogP contribution in [-0.4, -0.2) is 36.0 Å². The molecule has 0 aliphatic carbocycles. The SMILES string of the molecule is CCCC(C)NC(=O)CNCC(CC)(CC)SC. The lowest BCUT2D eigenvalue weighted by molar-refractivity contribution is -0.120. The van der Waals surface area contributed by atoms with Crippen LogP contribution < -0.4 is 10.6 Å². The van der Waals surface area contributed by atoms with Gasteiger partial charge in [0.05, 0.1) is 6.54 Å². The molecule has 4 heteroatoms. The number of carbonyl (C=O) groups is 1. The fourth-order valence-electron chi connectivity index (χ4n) is 2.10. The molecule has 0 aromatic carbocycles. The fraction of sp³-hybridized carbons (Fsp3) is 0.929. The summed E-state index contributed by atoms with van der Waals surface area (Å²) in [6.45, 7) is 9.95. The largest absolute Gasteiger partial charge is 0.353 e. The molecular weight excluding hydrogens is 244 g/mol. The van der Waals surface area contributed by atoms with Crippen molar-refractivity contribution in [2.45, 2.75) is 64.2 Å². The van der Waals surface area contributed by atoms with Gasteiger partial charge in [0.25, 0.3) is 0 Å². The zero-order chi connectivity index (χ0) is 14.0. The van der Waals surface area contributed by atoms with E-state index in [1.807, 2.05) is 11.8 Å². The minimum atomic E-state index is 0.109. The molecule has 0 aromatic heterocycles. The molecule has 0 saturated heterocycles. The third-order valence-corrected chi connectivity index (χ3v) is 5.17. The summed E-state index contributed by atoms with van der Waals surface area (Å²) in [6.07, 6.45) is 6.57. The van der Waals surface area contributed by atoms with E-state index in [9.17, 15) is 4.79 Å². The van der Waals surface area contributed by atoms with Crippen molar-refractivity contribution in [3.63, 3.8) is 0 Å². The number of hydrogen-bond donors (Lipinski definition) is 2. The summed E-state index contributed by atoms with van der Waals surface area (Å²) in [6, 6.07) is 0.284. The van der Waals surface area contributed by atoms with Crippen LogP contribution in [0, 0.1) is 0 Å². The molecule has 2 N–H and O–H groups in total. The molecule has 0 aliphatic rings. The highest BCUT2D eigenvalue weighted by Gasteiger charge is 2.24. The summed E-state index contributed by atoms with van der Waals surface area (Å²) in [4.78, 5) is 11.7. The van der Waals surface area contributed by atoms with Crippen molar-refractivity contribution in [2.75, 3.05) is 19.3 Å². The highest BCUT2D eigenvalue weighted by molar-refractivity contribution is 8.00. The van der Waals surface area contributed by atoms with Crippen LogP contribution in [0.4, 0.5) is 0 Å². The van der Waals surface area contributed by atoms with E-state index in [1.54, 1.807) is 0 Å². The summed E-state index contributed by atoms with van der Waals surface area (Å²) in [7, 11) is 0. The molecule has 0 rings (SSSR count). The third kappa shape index (κ3) is 6.64. The van der Waals surface area contributed by atoms with Crippen LogP contribution in [0.3, 0.4) is 0 Å². The van der Waals surface area contributed by atoms with E-state index < -0.39 is 0 Å². The molecular formula is C14H30N2OS. The number of carbonyl (C=O) groups excluding carboxylic acids is 1. The van der Waals surface area contributed by atoms with Gasteiger partial charge in [0.2, 0.25) is 5.91 Å². The molecule has 0 radical (unpaired) electrons. The van der Waals surface area contributed by atoms with E-state index in [4.69, 9.17) is 0 Å². The first-order valence-corrected chi connectivity index (χ1v) is 8.31. The quantitative estimate of drug-likeness (QED) is 0.643. The van der Waals surface area contributed by atoms with E-state index in [0.717, 1.165) is 32.2 Å². The van der Waals surface area contributed by atoms with E-state index >= 15 is 0 Å². The molecule has 1 amide bonds. The van der Waals surface area contributed by atoms with Gasteiger partial charge in [-0.3, -0.25) is 4.79 Å². The number of nitrogens with one attached hydrogen (secondary N) is 2. The molecule has 108 valence electrons. The van der Waals surface area contributed by atoms with Crippen LogP contribution in [-0.2, 0) is 4.79 Å². The Kier molecular flexibility index (Phi) is 9.56. The molecule has 1 unspecified atom stereocenters. The summed E-state index contributed by atoms with van der Waals surface area (Å²) in [5.41, 5.74) is 0. The lowest BCUT2D eigenvalue weighted by Gasteiger charge is -2.30. The number of thioether (sulfide) groups is 1. The molecule has 18 heavy (non-hydrogen) atoms. The van der Waals surface area contributed by atoms with Crippen molar-refractivity contribution in [1.82, 2.24) is 10.6 Å². The first-order valence-electron chi connectivity index (χ1n) is 7.08. The van der Waals surface area contributed by atoms with Crippen LogP contribution in [0.25, 0.3) is 0 Å². The zero-order valence-electron chi connectivity index (χ0n) is 12.6. The van der Waals surface area contributed by atoms with Gasteiger partial charge in [0.15, 0.2) is 0 Å². The monoisotopic (exact) mass is 274 g/mol. The molecule has 0 heterocycles. The van der Waals surface area contributed by atoms with E-state index in [-0.39, 0.29) is 16.7 Å². The minimum absolute atomic E-state index is 0.109. The smallest absolute Gasteiger partial charge is 0.234 e. The Morgan fingerprint density at radius 1 is 1.28 bits per heavy atom. The van der Waals surface area contributed by atoms with Gasteiger partial charge in [-0.2, -0.15) is 11.8 Å². The Hall–Kier alpha value is -0.220. The highest BCUT2D eigenvalue weighted by atomic mass is 32.2. The minimum Gasteiger partial charge on any atom is -0.353 e. The van der Waals surface area contributed by atoms with Crippen molar-refractivity contribution >= 4 is 17.7 Å². The molecule has 0 spiro atoms. The van der Waals surface area contributed by atoms with Gasteiger partial charge in [0, 0.05) is 17.3 Å². The van der Waals surface area contributed by atoms with Gasteiger partial charge in [-0.05, 0) is 32.4 Å². The van der Waals surface area contributed by atoms with Crippen LogP contribution in [0.5, 0.6) is 0 Å². The molecule has 0 aliphatic heterocycles. The Morgan fingerprint density at radius 3 is 2.33 bits per heavy atom. The lowest BCUT2D eigenvalue weighted by atomic mass is 10.0. The lowest BCUT2D eigenvalue weighted by Crippen LogP contribution is -2.43. The maximum atomic E-state index is 11.7. The summed E-state index contributed by atoms with van der Waals surface area (Å²) in [5.74, 6) is 0.109. The molecule has 0 bridgehead atoms. The van der Waals surface area contributed by atoms with Gasteiger partial charge in [-0.1, -0.05) is 27.2 Å². The normalized spacial score (nSPS) is 13.4. The predicted octanol–water partition coefficient (Wildman–Crippen LogP) is 2.80. The fourth-order valence-corrected chi connectivity index (χ4v) is 2.92. The van der Waals surface area contributed by atoms with E-state index in [0.29, 0.717) is 6.54 Å². The zero-order valence-corrected chi connectivity index (χ0v) is 13.5. The Morgan fingerprint density at radius 2 is 1.89 bits per heavy atom. The Balaban J connectivity index is 3.92. The van der Waals surface area contributed by atoms with E-state index in [2.05, 4.69) is 44.6 Å². The van der Waals surface area contributed by atoms with Gasteiger partial charge < -0.3 is 10.6 Å². The van der Waals surface area contributed by atoms with Gasteiger partial charge >= 0.3 is 0 Å². The highest BCUT2D eigenvalue weighted by Crippen LogP contribution is 2.29. The van der Waals surface area contributed by atoms with Crippen molar-refractivity contribution in [3.05, 3.63) is 0 Å². The van der Waals surface area contributed by atoms with Crippen molar-refractivity contribution < 1.29 is 4.79 Å². The second-order valence-electron chi connectivity index (χ2n) is 4.96. The number of hydrogen-bond acceptors (Lipinski definition) is 3. The van der Waals surface area contributed by atoms with Gasteiger partial charge in [-0.25, -0.2) is 0 Å². The third-order valence-electron chi connectivity index (χ3n) is 3.58. The molecule has 0 saturated carbocycles. The van der Waals surface area contributed by atoms with Crippen LogP contribution in [0.2, 0.25) is 0 Å². The van der Waals surface area contributed by atoms with Crippen molar-refractivity contribution in [2.24, 2.45) is 0 Å². The second kappa shape index (κ2) is 9.68. The standard InChI is InChI=1S/C14H30N2OS/c1-6-9-12(4)16-13(17)10-15-11-14(7-2,8-3)18-5/h12,15H,6-11H2,1-5H3,(H,16,17). The van der Waals surface area contributed by atoms with Crippen molar-refractivity contribution in [1.29, 1.82) is 0 Å². The topological polar surface area (TPSA) is 41.1 Å². The van der Waals surface area contributed by atoms with Gasteiger partial charge in [-0.15, -0.1) is 0 Å². The average Bonchev–Trinajstić information content (AvgIpc) is 2.35. The average molecular weight is 274 g/mol. The Labute approximate surface area is 117 Å². The number of rotatable bonds is 10. The maximum absolute atomic E-state index is 11.7. The van der Waals surface area contributed by atoms with Crippen LogP contribution >= 0.6 is 11.8 Å². The number of amides is 1. The first kappa shape index (κ1) is 17.8. The molecule has 1 atom stereocenters.